The second kappa shape index (κ2) is 13.6. The fourth-order valence-electron chi connectivity index (χ4n) is 6.65. The molecule has 3 aromatic rings. The molecule has 0 bridgehead atoms. The lowest BCUT2D eigenvalue weighted by molar-refractivity contribution is -0.122. The number of thioether (sulfide) groups is 2. The average molecular weight is 745 g/mol. The van der Waals surface area contributed by atoms with Crippen LogP contribution in [0.5, 0.6) is 11.5 Å². The zero-order valence-electron chi connectivity index (χ0n) is 32.4. The molecular formula is C42H52N2O6S2. The predicted molar refractivity (Wildman–Crippen MR) is 211 cm³/mol. The Kier molecular flexibility index (Phi) is 10.3. The lowest BCUT2D eigenvalue weighted by atomic mass is 9.79. The van der Waals surface area contributed by atoms with Gasteiger partial charge in [0.25, 0.3) is 0 Å². The smallest absolute Gasteiger partial charge is 0.247 e. The predicted octanol–water partition coefficient (Wildman–Crippen LogP) is 9.14. The summed E-state index contributed by atoms with van der Waals surface area (Å²) < 4.78 is 0. The molecule has 278 valence electrons. The van der Waals surface area contributed by atoms with Gasteiger partial charge < -0.3 is 10.2 Å². The average Bonchev–Trinajstić information content (AvgIpc) is 3.44. The Balaban J connectivity index is 1.35. The number of anilines is 2. The summed E-state index contributed by atoms with van der Waals surface area (Å²) in [6, 6.07) is 14.0. The molecule has 2 N–H and O–H groups in total. The van der Waals surface area contributed by atoms with Crippen molar-refractivity contribution in [2.45, 2.75) is 138 Å². The van der Waals surface area contributed by atoms with Gasteiger partial charge in [0.05, 0.1) is 21.9 Å². The van der Waals surface area contributed by atoms with Crippen LogP contribution in [0.2, 0.25) is 0 Å². The third kappa shape index (κ3) is 7.79. The number of hydrogen-bond acceptors (Lipinski definition) is 8. The van der Waals surface area contributed by atoms with Crippen molar-refractivity contribution < 1.29 is 29.4 Å². The standard InChI is InChI=1S/C42H52N2O6S2/c1-39(2,3)27-17-25(18-28(35(27)47)40(4,5)6)51-31-21-33(45)43(37(31)49)23-13-15-24(16-14-23)44-34(46)22-32(38(44)50)52-26-19-29(41(7,8)9)36(48)30(20-26)42(10,11)12/h13-20,31-32,47-48H,21-22H2,1-12H3. The van der Waals surface area contributed by atoms with Gasteiger partial charge in [-0.2, -0.15) is 0 Å². The largest absolute Gasteiger partial charge is 0.507 e. The topological polar surface area (TPSA) is 115 Å². The van der Waals surface area contributed by atoms with Crippen LogP contribution in [0.3, 0.4) is 0 Å². The first-order valence-electron chi connectivity index (χ1n) is 17.7. The van der Waals surface area contributed by atoms with Crippen LogP contribution >= 0.6 is 23.5 Å². The lowest BCUT2D eigenvalue weighted by Crippen LogP contribution is -2.32. The first kappa shape index (κ1) is 39.4. The molecule has 2 aliphatic rings. The molecule has 0 radical (unpaired) electrons. The van der Waals surface area contributed by atoms with Gasteiger partial charge >= 0.3 is 0 Å². The summed E-state index contributed by atoms with van der Waals surface area (Å²) in [4.78, 5) is 57.9. The van der Waals surface area contributed by atoms with Crippen molar-refractivity contribution in [3.63, 3.8) is 0 Å². The van der Waals surface area contributed by atoms with E-state index in [0.29, 0.717) is 11.4 Å². The van der Waals surface area contributed by atoms with Crippen LogP contribution in [0, 0.1) is 0 Å². The number of carbonyl (C=O) groups excluding carboxylic acids is 4. The van der Waals surface area contributed by atoms with Crippen molar-refractivity contribution in [1.82, 2.24) is 0 Å². The van der Waals surface area contributed by atoms with Crippen molar-refractivity contribution in [2.75, 3.05) is 9.80 Å². The molecule has 2 atom stereocenters. The summed E-state index contributed by atoms with van der Waals surface area (Å²) in [6.07, 6.45) is 0.0455. The Morgan fingerprint density at radius 2 is 0.750 bits per heavy atom. The van der Waals surface area contributed by atoms with E-state index in [1.807, 2.05) is 107 Å². The maximum atomic E-state index is 13.7. The van der Waals surface area contributed by atoms with Crippen LogP contribution in [0.4, 0.5) is 11.4 Å². The first-order valence-corrected chi connectivity index (χ1v) is 19.5. The van der Waals surface area contributed by atoms with E-state index >= 15 is 0 Å². The molecule has 5 rings (SSSR count). The molecule has 2 aliphatic heterocycles. The number of amides is 4. The number of carbonyl (C=O) groups is 4. The Morgan fingerprint density at radius 1 is 0.500 bits per heavy atom. The molecule has 3 aromatic carbocycles. The number of nitrogens with zero attached hydrogens (tertiary/aromatic N) is 2. The first-order chi connectivity index (χ1) is 23.8. The molecular weight excluding hydrogens is 693 g/mol. The second-order valence-corrected chi connectivity index (χ2v) is 20.6. The van der Waals surface area contributed by atoms with Gasteiger partial charge in [-0.25, -0.2) is 9.80 Å². The van der Waals surface area contributed by atoms with Crippen LogP contribution in [0.1, 0.15) is 118 Å². The number of aromatic hydroxyl groups is 2. The van der Waals surface area contributed by atoms with Crippen molar-refractivity contribution in [3.05, 3.63) is 70.8 Å². The van der Waals surface area contributed by atoms with E-state index < -0.39 is 10.5 Å². The van der Waals surface area contributed by atoms with Gasteiger partial charge in [0.15, 0.2) is 0 Å². The SMILES string of the molecule is CC(C)(C)c1cc(SC2CC(=O)N(c3ccc(N4C(=O)CC(Sc5cc(C(C)(C)C)c(O)c(C(C)(C)C)c5)C4=O)cc3)C2=O)cc(C(C)(C)C)c1O. The molecule has 2 fully saturated rings. The fourth-order valence-corrected chi connectivity index (χ4v) is 8.92. The molecule has 2 saturated heterocycles. The minimum Gasteiger partial charge on any atom is -0.507 e. The molecule has 10 heteroatoms. The Bertz CT molecular complexity index is 1730. The number of rotatable bonds is 6. The molecule has 0 aromatic heterocycles. The summed E-state index contributed by atoms with van der Waals surface area (Å²) in [5, 5.41) is 21.0. The Morgan fingerprint density at radius 3 is 0.981 bits per heavy atom. The molecule has 8 nitrogen and oxygen atoms in total. The molecule has 2 unspecified atom stereocenters. The van der Waals surface area contributed by atoms with E-state index in [-0.39, 0.29) is 69.6 Å². The molecule has 0 aliphatic carbocycles. The number of imide groups is 2. The van der Waals surface area contributed by atoms with Gasteiger partial charge in [-0.3, -0.25) is 19.2 Å². The highest BCUT2D eigenvalue weighted by Gasteiger charge is 2.43. The Hall–Kier alpha value is -3.76. The molecule has 2 heterocycles. The van der Waals surface area contributed by atoms with Crippen molar-refractivity contribution >= 4 is 58.5 Å². The number of hydrogen-bond donors (Lipinski definition) is 2. The van der Waals surface area contributed by atoms with Crippen molar-refractivity contribution in [1.29, 1.82) is 0 Å². The van der Waals surface area contributed by atoms with E-state index in [1.54, 1.807) is 24.3 Å². The monoisotopic (exact) mass is 744 g/mol. The number of phenols is 2. The highest BCUT2D eigenvalue weighted by Crippen LogP contribution is 2.46. The van der Waals surface area contributed by atoms with Crippen molar-refractivity contribution in [2.24, 2.45) is 0 Å². The maximum absolute atomic E-state index is 13.7. The quantitative estimate of drug-likeness (QED) is 0.240. The van der Waals surface area contributed by atoms with Crippen LogP contribution in [0.15, 0.2) is 58.3 Å². The highest BCUT2D eigenvalue weighted by atomic mass is 32.2. The lowest BCUT2D eigenvalue weighted by Gasteiger charge is -2.28. The summed E-state index contributed by atoms with van der Waals surface area (Å²) in [5.74, 6) is -0.830. The number of phenolic OH excluding ortho intramolecular Hbond substituents is 2. The summed E-state index contributed by atoms with van der Waals surface area (Å²) >= 11 is 2.65. The van der Waals surface area contributed by atoms with Crippen LogP contribution in [-0.4, -0.2) is 44.3 Å². The molecule has 0 spiro atoms. The Labute approximate surface area is 316 Å². The van der Waals surface area contributed by atoms with E-state index in [9.17, 15) is 29.4 Å². The van der Waals surface area contributed by atoms with E-state index in [0.717, 1.165) is 32.0 Å². The van der Waals surface area contributed by atoms with Gasteiger partial charge in [0.1, 0.15) is 11.5 Å². The van der Waals surface area contributed by atoms with E-state index in [1.165, 1.54) is 33.3 Å². The summed E-state index contributed by atoms with van der Waals surface area (Å²) in [5.41, 5.74) is 2.53. The highest BCUT2D eigenvalue weighted by molar-refractivity contribution is 8.01. The minimum absolute atomic E-state index is 0.0228. The normalized spacial score (nSPS) is 19.0. The van der Waals surface area contributed by atoms with Gasteiger partial charge in [0.2, 0.25) is 23.6 Å². The van der Waals surface area contributed by atoms with E-state index in [2.05, 4.69) is 0 Å². The van der Waals surface area contributed by atoms with Gasteiger partial charge in [-0.1, -0.05) is 83.1 Å². The second-order valence-electron chi connectivity index (χ2n) is 18.0. The fraction of sp³-hybridized carbons (Fsp3) is 0.476. The van der Waals surface area contributed by atoms with Crippen LogP contribution in [0.25, 0.3) is 0 Å². The zero-order valence-corrected chi connectivity index (χ0v) is 34.1. The minimum atomic E-state index is -0.644. The van der Waals surface area contributed by atoms with Crippen molar-refractivity contribution in [3.8, 4) is 11.5 Å². The summed E-state index contributed by atoms with van der Waals surface area (Å²) in [7, 11) is 0. The maximum Gasteiger partial charge on any atom is 0.247 e. The molecule has 52 heavy (non-hydrogen) atoms. The van der Waals surface area contributed by atoms with Gasteiger partial charge in [-0.15, -0.1) is 23.5 Å². The van der Waals surface area contributed by atoms with Gasteiger partial charge in [-0.05, 0) is 70.2 Å². The third-order valence-electron chi connectivity index (χ3n) is 9.53. The van der Waals surface area contributed by atoms with E-state index in [4.69, 9.17) is 0 Å². The number of benzene rings is 3. The zero-order chi connectivity index (χ0) is 38.9. The van der Waals surface area contributed by atoms with Crippen LogP contribution in [-0.2, 0) is 40.8 Å². The van der Waals surface area contributed by atoms with Crippen LogP contribution < -0.4 is 9.80 Å². The van der Waals surface area contributed by atoms with Gasteiger partial charge in [0, 0.05) is 44.9 Å². The molecule has 0 saturated carbocycles. The summed E-state index contributed by atoms with van der Waals surface area (Å²) in [6.45, 7) is 24.4. The third-order valence-corrected chi connectivity index (χ3v) is 11.9. The molecule has 4 amide bonds.